The normalized spacial score (nSPS) is 26.1. The average molecular weight is 1750 g/mol. The summed E-state index contributed by atoms with van der Waals surface area (Å²) in [5, 5.41) is 18.4. The minimum atomic E-state index is -4.68. The van der Waals surface area contributed by atoms with Gasteiger partial charge in [0.1, 0.15) is 49.1 Å². The van der Waals surface area contributed by atoms with Crippen LogP contribution in [0, 0.1) is 0 Å². The lowest BCUT2D eigenvalue weighted by Crippen LogP contribution is -2.41. The molecule has 0 aliphatic carbocycles. The summed E-state index contributed by atoms with van der Waals surface area (Å²) in [4.78, 5) is 166. The van der Waals surface area contributed by atoms with Crippen molar-refractivity contribution in [2.45, 2.75) is 113 Å². The third-order valence-electron chi connectivity index (χ3n) is 15.7. The van der Waals surface area contributed by atoms with Crippen molar-refractivity contribution >= 4 is 114 Å². The molecule has 11 unspecified atom stereocenters. The van der Waals surface area contributed by atoms with Crippen LogP contribution in [0.2, 0.25) is 0 Å². The predicted octanol–water partition coefficient (Wildman–Crippen LogP) is -2.77. The number of hydrogen-bond acceptors (Lipinski definition) is 44. The van der Waals surface area contributed by atoms with E-state index in [0.29, 0.717) is 47.8 Å². The molecule has 111 heavy (non-hydrogen) atoms. The van der Waals surface area contributed by atoms with Gasteiger partial charge < -0.3 is 138 Å². The molecule has 5 aliphatic heterocycles. The Morgan fingerprint density at radius 2 is 1.08 bits per heavy atom. The molecule has 0 spiro atoms. The van der Waals surface area contributed by atoms with E-state index in [0.717, 1.165) is 76.3 Å². The lowest BCUT2D eigenvalue weighted by molar-refractivity contribution is -0.677. The van der Waals surface area contributed by atoms with Crippen molar-refractivity contribution in [2.24, 2.45) is 0 Å². The van der Waals surface area contributed by atoms with Gasteiger partial charge in [0.2, 0.25) is 23.1 Å². The largest absolute Gasteiger partial charge is 0.756 e. The molecule has 632 valence electrons. The van der Waals surface area contributed by atoms with Crippen LogP contribution in [0.5, 0.6) is 0 Å². The lowest BCUT2D eigenvalue weighted by atomic mass is 10.2. The Morgan fingerprint density at radius 3 is 1.57 bits per heavy atom. The lowest BCUT2D eigenvalue weighted by Gasteiger charge is -2.28. The van der Waals surface area contributed by atoms with Crippen molar-refractivity contribution in [1.29, 1.82) is 0 Å². The van der Waals surface area contributed by atoms with Crippen LogP contribution < -0.4 is 71.4 Å². The van der Waals surface area contributed by atoms with E-state index in [1.54, 1.807) is 10.6 Å². The number of imidazole rings is 3. The number of anilines is 3. The number of aliphatic hydroxyl groups excluding tert-OH is 1. The molecule has 62 heteroatoms. The Hall–Kier alpha value is -5.09. The molecule has 54 nitrogen and oxygen atoms in total. The fourth-order valence-electron chi connectivity index (χ4n) is 10.3. The number of aliphatic hydroxyl groups is 1. The maximum Gasteiger partial charge on any atom is 0.472 e. The van der Waals surface area contributed by atoms with E-state index in [4.69, 9.17) is 42.1 Å². The number of hydrogen-bond donors (Lipinski definition) is 10. The van der Waals surface area contributed by atoms with Crippen molar-refractivity contribution in [1.82, 2.24) is 53.6 Å². The number of aromatic nitrogens is 12. The van der Waals surface area contributed by atoms with E-state index in [1.165, 1.54) is 23.5 Å². The summed E-state index contributed by atoms with van der Waals surface area (Å²) in [6.07, 6.45) is -2.30. The fraction of sp³-hybridized carbons (Fsp3) is 0.653. The van der Waals surface area contributed by atoms with Crippen molar-refractivity contribution in [3.63, 3.8) is 0 Å². The fourth-order valence-corrected chi connectivity index (χ4v) is 13.6. The number of phosphoric acid groups is 8. The van der Waals surface area contributed by atoms with Gasteiger partial charge in [0.05, 0.1) is 51.2 Å². The summed E-state index contributed by atoms with van der Waals surface area (Å²) in [6.45, 7) is 7.77. The van der Waals surface area contributed by atoms with E-state index in [2.05, 4.69) is 115 Å². The first kappa shape index (κ1) is 94.8. The molecule has 3 fully saturated rings. The maximum absolute atomic E-state index is 12.5. The highest BCUT2D eigenvalue weighted by molar-refractivity contribution is 7.48. The highest BCUT2D eigenvalue weighted by Crippen LogP contribution is 2.50. The highest BCUT2D eigenvalue weighted by Gasteiger charge is 2.45. The van der Waals surface area contributed by atoms with Gasteiger partial charge in [0.25, 0.3) is 60.3 Å². The minimum Gasteiger partial charge on any atom is -0.756 e. The number of fused-ring (bicyclic) bond motifs is 7. The highest BCUT2D eigenvalue weighted by atomic mass is 31.2. The quantitative estimate of drug-likeness (QED) is 0.0124. The van der Waals surface area contributed by atoms with Crippen LogP contribution in [0.15, 0.2) is 46.0 Å². The predicted molar refractivity (Wildman–Crippen MR) is 362 cm³/mol. The number of nitrogens with one attached hydrogen (secondary N) is 6. The van der Waals surface area contributed by atoms with Gasteiger partial charge in [-0.25, -0.2) is 33.6 Å². The Bertz CT molecular complexity index is 4690. The molecule has 0 saturated carbocycles. The first-order valence-electron chi connectivity index (χ1n) is 31.6. The second kappa shape index (κ2) is 40.7. The van der Waals surface area contributed by atoms with Crippen LogP contribution in [0.3, 0.4) is 0 Å². The number of nitrogens with zero attached hydrogens (tertiary/aromatic N) is 9. The first-order chi connectivity index (χ1) is 51.8. The zero-order chi connectivity index (χ0) is 83.0. The molecule has 0 bridgehead atoms. The molecule has 0 radical (unpaired) electrons. The van der Waals surface area contributed by atoms with E-state index >= 15 is 0 Å². The summed E-state index contributed by atoms with van der Waals surface area (Å²) in [7, 11) is -28.8. The second-order valence-electron chi connectivity index (χ2n) is 22.5. The Morgan fingerprint density at radius 1 is 0.604 bits per heavy atom. The van der Waals surface area contributed by atoms with Gasteiger partial charge in [0, 0.05) is 90.7 Å². The summed E-state index contributed by atoms with van der Waals surface area (Å²) < 4.78 is 172. The van der Waals surface area contributed by atoms with E-state index < -0.39 is 149 Å². The first-order valence-corrected chi connectivity index (χ1v) is 43.4. The number of rotatable bonds is 30. The molecule has 11 heterocycles. The summed E-state index contributed by atoms with van der Waals surface area (Å²) in [5.74, 6) is 1.32. The number of aromatic amines is 3. The monoisotopic (exact) mass is 1750 g/mol. The van der Waals surface area contributed by atoms with E-state index in [9.17, 15) is 95.2 Å². The molecule has 0 aromatic carbocycles. The Balaban J connectivity index is 0.000000262. The SMILES string of the molecule is C=CCNc1nc2c(ncn2[C@H]2C[C@@H](OP(=O)(O)OC)[C@@H](COP(=O)([O-])OC)O2)c(=O)[nH]1.CCC1CNc2[nH]c(=O)c3ncn([C@H]4C[C@@H](OP(=O)([O-])OC)[C@@H](COP(=O)([O-])OC)O4)c3[n+]21.CCC1CNc2nc(=O)c3[nH]cnc3n21.COP(=O)([O-])O.COP(=O)([O-])O.COP(=O)([O-])OC[C@H]1OC(O)C[C@H]1OP(=O)([O-])OC.[HH]. The third-order valence-corrected chi connectivity index (χ3v) is 22.3. The second-order valence-corrected chi connectivity index (χ2v) is 34.1. The van der Waals surface area contributed by atoms with Crippen molar-refractivity contribution in [3.8, 4) is 0 Å². The molecule has 10 N–H and O–H groups in total. The molecule has 5 aliphatic rings. The molecule has 3 saturated heterocycles. The Labute approximate surface area is 627 Å². The van der Waals surface area contributed by atoms with E-state index in [-0.39, 0.29) is 54.9 Å². The number of phosphoric ester groups is 8. The van der Waals surface area contributed by atoms with Crippen LogP contribution in [0.4, 0.5) is 17.8 Å². The Kier molecular flexibility index (Phi) is 34.7. The van der Waals surface area contributed by atoms with Crippen molar-refractivity contribution < 1.29 is 174 Å². The molecule has 19 atom stereocenters. The molecule has 11 rings (SSSR count). The summed E-state index contributed by atoms with van der Waals surface area (Å²) in [6, 6.07) is 0.365. The van der Waals surface area contributed by atoms with Gasteiger partial charge in [-0.3, -0.25) is 74.8 Å². The molecule has 6 aromatic heterocycles. The van der Waals surface area contributed by atoms with Crippen LogP contribution in [-0.4, -0.2) is 213 Å². The molecule has 0 amide bonds. The molecular weight excluding hydrogens is 1670 g/mol. The average Bonchev–Trinajstić information content (AvgIpc) is 1.60. The van der Waals surface area contributed by atoms with Crippen LogP contribution >= 0.6 is 62.6 Å². The molecule has 6 aromatic rings. The van der Waals surface area contributed by atoms with Crippen LogP contribution in [0.25, 0.3) is 33.5 Å². The maximum atomic E-state index is 12.5. The minimum absolute atomic E-state index is 0. The van der Waals surface area contributed by atoms with Crippen molar-refractivity contribution in [2.75, 3.05) is 112 Å². The van der Waals surface area contributed by atoms with Gasteiger partial charge >= 0.3 is 24.9 Å². The van der Waals surface area contributed by atoms with Crippen molar-refractivity contribution in [3.05, 3.63) is 62.7 Å². The van der Waals surface area contributed by atoms with Crippen LogP contribution in [0.1, 0.15) is 71.9 Å². The van der Waals surface area contributed by atoms with Gasteiger partial charge in [0.15, 0.2) is 34.8 Å². The number of ether oxygens (including phenoxy) is 3. The zero-order valence-electron chi connectivity index (χ0n) is 59.8. The van der Waals surface area contributed by atoms with Crippen LogP contribution in [-0.2, 0) is 114 Å². The summed E-state index contributed by atoms with van der Waals surface area (Å²) >= 11 is 0. The summed E-state index contributed by atoms with van der Waals surface area (Å²) in [5.41, 5.74) is 0.869. The van der Waals surface area contributed by atoms with Gasteiger partial charge in [-0.2, -0.15) is 9.97 Å². The molecular formula is C49H81N15O39P8-6. The zero-order valence-corrected chi connectivity index (χ0v) is 67.0. The number of H-pyrrole nitrogens is 3. The smallest absolute Gasteiger partial charge is 0.472 e. The van der Waals surface area contributed by atoms with E-state index in [1.807, 2.05) is 16.1 Å². The third kappa shape index (κ3) is 27.3. The van der Waals surface area contributed by atoms with Gasteiger partial charge in [-0.15, -0.1) is 6.58 Å². The van der Waals surface area contributed by atoms with Gasteiger partial charge in [-0.1, -0.05) is 19.9 Å². The van der Waals surface area contributed by atoms with Gasteiger partial charge in [-0.05, 0) is 12.8 Å². The standard InChI is InChI=1S/C16H25N5O10P2.C15H23N5O10P2.C9H11N5O.C7H16O10P2.2CH5O4P.H2/c1-4-9-6-17-16-19-14(22)13-15(21(9)16)20(8-18-13)12-5-10(31-33(25,26)28-3)11(30-12)7-29-32(23,24)27-2;1-4-5-16-15-18-13-12(14(21)19-15)17-8-20(13)11-6-9(30-32(24,25)27-3)10(29-11)7-28-31(22,23)26-2;1-2-5-3-10-9-13-8(15)6-7(14(5)9)12-4-11-6;1-13-18(9,10)15-4-6-5(3-7(8)16-6)17-19(11,12)14-2;2*1-5-6(2,3)4;/h8-12H,4-7H2,1-3H3,(H3,17,19,22,23,24,25,26);4,8-11H,1,5-7H2,2-3H3,(H,22,23)(H,24,25)(H2,16,18,19,21);4-5H,2-3H2,1H3,(H,11,12)(H,10,13,15);5-8H,3-4H2,1-2H3,(H,9,10)(H,11,12);2*1H3,(H2,2,3,4);1H/p-6/t9?,10-,11-,12-;9-,10-,11-;;5-,6-,7?;;;/m11.1.../s1. The topological polar surface area (TPSA) is 754 Å².